The largest absolute Gasteiger partial charge is 0.497 e. The Bertz CT molecular complexity index is 374. The molecule has 2 nitrogen and oxygen atoms in total. The molecule has 1 N–H and O–H groups in total. The van der Waals surface area contributed by atoms with Crippen molar-refractivity contribution in [3.8, 4) is 17.6 Å². The van der Waals surface area contributed by atoms with Crippen molar-refractivity contribution < 1.29 is 4.74 Å². The molecule has 0 aromatic heterocycles. The van der Waals surface area contributed by atoms with E-state index in [1.807, 2.05) is 32.2 Å². The minimum atomic E-state index is 0.877. The highest BCUT2D eigenvalue weighted by atomic mass is 16.5. The van der Waals surface area contributed by atoms with E-state index in [1.165, 1.54) is 0 Å². The smallest absolute Gasteiger partial charge is 0.119 e. The Morgan fingerprint density at radius 1 is 1.40 bits per heavy atom. The average molecular weight is 203 g/mol. The Morgan fingerprint density at radius 2 is 2.20 bits per heavy atom. The molecular formula is C13H17NO. The second kappa shape index (κ2) is 6.10. The Labute approximate surface area is 91.6 Å². The van der Waals surface area contributed by atoms with Gasteiger partial charge in [0, 0.05) is 18.5 Å². The summed E-state index contributed by atoms with van der Waals surface area (Å²) in [7, 11) is 3.60. The van der Waals surface area contributed by atoms with Crippen LogP contribution >= 0.6 is 0 Å². The van der Waals surface area contributed by atoms with Crippen molar-refractivity contribution in [1.29, 1.82) is 0 Å². The van der Waals surface area contributed by atoms with Crippen molar-refractivity contribution in [2.24, 2.45) is 0 Å². The number of benzene rings is 1. The third-order valence-electron chi connectivity index (χ3n) is 2.16. The lowest BCUT2D eigenvalue weighted by atomic mass is 10.1. The zero-order valence-electron chi connectivity index (χ0n) is 9.55. The number of rotatable bonds is 3. The van der Waals surface area contributed by atoms with Crippen LogP contribution in [0.1, 0.15) is 17.5 Å². The summed E-state index contributed by atoms with van der Waals surface area (Å²) in [6, 6.07) is 5.94. The van der Waals surface area contributed by atoms with Crippen LogP contribution in [0.4, 0.5) is 0 Å². The van der Waals surface area contributed by atoms with E-state index in [2.05, 4.69) is 17.2 Å². The highest BCUT2D eigenvalue weighted by Crippen LogP contribution is 2.15. The maximum absolute atomic E-state index is 5.13. The molecular weight excluding hydrogens is 186 g/mol. The van der Waals surface area contributed by atoms with Gasteiger partial charge in [0.2, 0.25) is 0 Å². The molecule has 0 radical (unpaired) electrons. The first-order valence-electron chi connectivity index (χ1n) is 5.06. The van der Waals surface area contributed by atoms with Crippen LogP contribution in [0.15, 0.2) is 18.2 Å². The maximum atomic E-state index is 5.13. The highest BCUT2D eigenvalue weighted by Gasteiger charge is 1.96. The normalized spacial score (nSPS) is 9.27. The fraction of sp³-hybridized carbons (Fsp3) is 0.385. The minimum absolute atomic E-state index is 0.877. The van der Waals surface area contributed by atoms with Gasteiger partial charge in [-0.05, 0) is 37.7 Å². The molecule has 1 aromatic rings. The summed E-state index contributed by atoms with van der Waals surface area (Å²) < 4.78 is 5.13. The Hall–Kier alpha value is -1.46. The van der Waals surface area contributed by atoms with Crippen molar-refractivity contribution in [2.45, 2.75) is 13.3 Å². The van der Waals surface area contributed by atoms with Gasteiger partial charge in [0.1, 0.15) is 5.75 Å². The molecule has 80 valence electrons. The van der Waals surface area contributed by atoms with E-state index in [1.54, 1.807) is 7.11 Å². The summed E-state index contributed by atoms with van der Waals surface area (Å²) >= 11 is 0. The van der Waals surface area contributed by atoms with Crippen LogP contribution in [-0.4, -0.2) is 20.7 Å². The number of nitrogens with one attached hydrogen (secondary N) is 1. The monoisotopic (exact) mass is 203 g/mol. The molecule has 0 bridgehead atoms. The predicted octanol–water partition coefficient (Wildman–Crippen LogP) is 1.96. The Kier molecular flexibility index (Phi) is 4.73. The zero-order valence-corrected chi connectivity index (χ0v) is 9.55. The number of hydrogen-bond donors (Lipinski definition) is 1. The van der Waals surface area contributed by atoms with Crippen LogP contribution in [-0.2, 0) is 0 Å². The molecule has 1 rings (SSSR count). The topological polar surface area (TPSA) is 21.3 Å². The summed E-state index contributed by atoms with van der Waals surface area (Å²) in [5, 5.41) is 3.06. The molecule has 0 fully saturated rings. The average Bonchev–Trinajstić information content (AvgIpc) is 2.26. The lowest BCUT2D eigenvalue weighted by molar-refractivity contribution is 0.414. The van der Waals surface area contributed by atoms with Gasteiger partial charge in [-0.15, -0.1) is 0 Å². The van der Waals surface area contributed by atoms with Gasteiger partial charge in [-0.25, -0.2) is 0 Å². The lowest BCUT2D eigenvalue weighted by Crippen LogP contribution is -2.05. The van der Waals surface area contributed by atoms with Gasteiger partial charge >= 0.3 is 0 Å². The fourth-order valence-electron chi connectivity index (χ4n) is 1.25. The van der Waals surface area contributed by atoms with E-state index < -0.39 is 0 Å². The van der Waals surface area contributed by atoms with Crippen molar-refractivity contribution in [3.05, 3.63) is 29.3 Å². The first kappa shape index (κ1) is 11.6. The van der Waals surface area contributed by atoms with Crippen molar-refractivity contribution in [2.75, 3.05) is 20.7 Å². The minimum Gasteiger partial charge on any atom is -0.497 e. The van der Waals surface area contributed by atoms with Crippen LogP contribution < -0.4 is 10.1 Å². The van der Waals surface area contributed by atoms with Gasteiger partial charge in [0.05, 0.1) is 7.11 Å². The fourth-order valence-corrected chi connectivity index (χ4v) is 1.25. The number of ether oxygens (including phenoxy) is 1. The summed E-state index contributed by atoms with van der Waals surface area (Å²) in [5.41, 5.74) is 2.23. The van der Waals surface area contributed by atoms with Crippen LogP contribution in [0, 0.1) is 18.8 Å². The second-order valence-corrected chi connectivity index (χ2v) is 3.34. The van der Waals surface area contributed by atoms with E-state index in [9.17, 15) is 0 Å². The number of methoxy groups -OCH3 is 1. The van der Waals surface area contributed by atoms with E-state index in [4.69, 9.17) is 4.74 Å². The van der Waals surface area contributed by atoms with Crippen molar-refractivity contribution in [3.63, 3.8) is 0 Å². The summed E-state index contributed by atoms with van der Waals surface area (Å²) in [6.07, 6.45) is 0.877. The van der Waals surface area contributed by atoms with Gasteiger partial charge in [0.25, 0.3) is 0 Å². The van der Waals surface area contributed by atoms with Crippen LogP contribution in [0.2, 0.25) is 0 Å². The van der Waals surface area contributed by atoms with Crippen molar-refractivity contribution in [1.82, 2.24) is 5.32 Å². The van der Waals surface area contributed by atoms with Crippen LogP contribution in [0.3, 0.4) is 0 Å². The Morgan fingerprint density at radius 3 is 2.80 bits per heavy atom. The van der Waals surface area contributed by atoms with Gasteiger partial charge in [-0.3, -0.25) is 0 Å². The molecule has 0 atom stereocenters. The summed E-state index contributed by atoms with van der Waals surface area (Å²) in [4.78, 5) is 0. The molecule has 0 amide bonds. The van der Waals surface area contributed by atoms with E-state index >= 15 is 0 Å². The number of aryl methyl sites for hydroxylation is 1. The maximum Gasteiger partial charge on any atom is 0.119 e. The quantitative estimate of drug-likeness (QED) is 0.599. The molecule has 0 spiro atoms. The number of hydrogen-bond acceptors (Lipinski definition) is 2. The Balaban J connectivity index is 2.72. The molecule has 0 unspecified atom stereocenters. The molecule has 0 aliphatic heterocycles. The molecule has 1 aromatic carbocycles. The summed E-state index contributed by atoms with van der Waals surface area (Å²) in [5.74, 6) is 7.16. The second-order valence-electron chi connectivity index (χ2n) is 3.34. The SMILES string of the molecule is CNCCC#Cc1ccc(OC)cc1C. The molecule has 15 heavy (non-hydrogen) atoms. The lowest BCUT2D eigenvalue weighted by Gasteiger charge is -2.02. The molecule has 0 aliphatic carbocycles. The standard InChI is InChI=1S/C13H17NO/c1-11-10-13(15-3)8-7-12(11)6-4-5-9-14-2/h7-8,10,14H,5,9H2,1-3H3. The van der Waals surface area contributed by atoms with E-state index in [0.29, 0.717) is 0 Å². The molecule has 0 saturated carbocycles. The highest BCUT2D eigenvalue weighted by molar-refractivity contribution is 5.44. The van der Waals surface area contributed by atoms with E-state index in [0.717, 1.165) is 29.8 Å². The van der Waals surface area contributed by atoms with Crippen LogP contribution in [0.5, 0.6) is 5.75 Å². The first-order chi connectivity index (χ1) is 7.27. The third kappa shape index (κ3) is 3.65. The molecule has 2 heteroatoms. The molecule has 0 aliphatic rings. The molecule has 0 saturated heterocycles. The van der Waals surface area contributed by atoms with Crippen molar-refractivity contribution >= 4 is 0 Å². The van der Waals surface area contributed by atoms with E-state index in [-0.39, 0.29) is 0 Å². The summed E-state index contributed by atoms with van der Waals surface area (Å²) in [6.45, 7) is 2.98. The third-order valence-corrected chi connectivity index (χ3v) is 2.16. The van der Waals surface area contributed by atoms with Gasteiger partial charge < -0.3 is 10.1 Å². The van der Waals surface area contributed by atoms with Gasteiger partial charge in [-0.2, -0.15) is 0 Å². The molecule has 0 heterocycles. The predicted molar refractivity (Wildman–Crippen MR) is 63.2 cm³/mol. The first-order valence-corrected chi connectivity index (χ1v) is 5.06. The van der Waals surface area contributed by atoms with Crippen LogP contribution in [0.25, 0.3) is 0 Å². The van der Waals surface area contributed by atoms with Gasteiger partial charge in [-0.1, -0.05) is 11.8 Å². The zero-order chi connectivity index (χ0) is 11.1. The van der Waals surface area contributed by atoms with Gasteiger partial charge in [0.15, 0.2) is 0 Å².